The number of halogens is 1. The van der Waals surface area contributed by atoms with Crippen LogP contribution in [0, 0.1) is 13.8 Å². The zero-order chi connectivity index (χ0) is 24.0. The van der Waals surface area contributed by atoms with Crippen molar-refractivity contribution in [3.05, 3.63) is 81.8 Å². The molecule has 0 heterocycles. The maximum absolute atomic E-state index is 12.9. The van der Waals surface area contributed by atoms with E-state index in [0.29, 0.717) is 29.3 Å². The first-order valence-corrected chi connectivity index (χ1v) is 12.9. The molecule has 0 radical (unpaired) electrons. The van der Waals surface area contributed by atoms with Gasteiger partial charge >= 0.3 is 0 Å². The molecule has 0 aliphatic carbocycles. The number of hydrogen-bond donors (Lipinski definition) is 2. The first kappa shape index (κ1) is 24.8. The zero-order valence-corrected chi connectivity index (χ0v) is 21.2. The summed E-state index contributed by atoms with van der Waals surface area (Å²) in [5, 5.41) is 2.80. The van der Waals surface area contributed by atoms with E-state index in [0.717, 1.165) is 28.4 Å². The van der Waals surface area contributed by atoms with Crippen molar-refractivity contribution >= 4 is 43.2 Å². The van der Waals surface area contributed by atoms with E-state index in [1.165, 1.54) is 12.1 Å². The van der Waals surface area contributed by atoms with Gasteiger partial charge in [-0.3, -0.25) is 9.52 Å². The van der Waals surface area contributed by atoms with Gasteiger partial charge in [-0.2, -0.15) is 0 Å². The van der Waals surface area contributed by atoms with Crippen LogP contribution < -0.4 is 14.8 Å². The fraction of sp³-hybridized carbons (Fsp3) is 0.240. The summed E-state index contributed by atoms with van der Waals surface area (Å²) in [6, 6.07) is 16.8. The molecular weight excluding hydrogens is 504 g/mol. The predicted octanol–water partition coefficient (Wildman–Crippen LogP) is 6.30. The molecule has 33 heavy (non-hydrogen) atoms. The number of ether oxygens (including phenoxy) is 1. The lowest BCUT2D eigenvalue weighted by Crippen LogP contribution is -2.15. The molecule has 3 rings (SSSR count). The number of anilines is 2. The number of benzene rings is 3. The van der Waals surface area contributed by atoms with E-state index >= 15 is 0 Å². The Morgan fingerprint density at radius 3 is 2.24 bits per heavy atom. The maximum atomic E-state index is 12.9. The minimum absolute atomic E-state index is 0.103. The van der Waals surface area contributed by atoms with Gasteiger partial charge in [0, 0.05) is 15.8 Å². The van der Waals surface area contributed by atoms with E-state index in [2.05, 4.69) is 32.9 Å². The molecule has 0 saturated carbocycles. The van der Waals surface area contributed by atoms with E-state index in [1.807, 2.05) is 26.0 Å². The minimum Gasteiger partial charge on any atom is -0.493 e. The van der Waals surface area contributed by atoms with E-state index in [9.17, 15) is 13.2 Å². The number of carbonyl (C=O) groups is 1. The molecule has 0 fully saturated rings. The second-order valence-corrected chi connectivity index (χ2v) is 10.4. The number of carbonyl (C=O) groups excluding carboxylic acids is 1. The van der Waals surface area contributed by atoms with Crippen molar-refractivity contribution < 1.29 is 17.9 Å². The summed E-state index contributed by atoms with van der Waals surface area (Å²) < 4.78 is 34.7. The normalized spacial score (nSPS) is 11.2. The monoisotopic (exact) mass is 530 g/mol. The molecule has 0 aliphatic heterocycles. The van der Waals surface area contributed by atoms with Crippen LogP contribution in [0.1, 0.15) is 41.3 Å². The topological polar surface area (TPSA) is 84.5 Å². The van der Waals surface area contributed by atoms with Crippen LogP contribution in [0.2, 0.25) is 0 Å². The van der Waals surface area contributed by atoms with Gasteiger partial charge in [-0.05, 0) is 86.0 Å². The van der Waals surface area contributed by atoms with Crippen molar-refractivity contribution in [3.8, 4) is 5.75 Å². The van der Waals surface area contributed by atoms with Gasteiger partial charge in [-0.1, -0.05) is 35.3 Å². The lowest BCUT2D eigenvalue weighted by molar-refractivity contribution is 0.102. The van der Waals surface area contributed by atoms with E-state index < -0.39 is 10.0 Å². The van der Waals surface area contributed by atoms with Gasteiger partial charge in [0.1, 0.15) is 5.75 Å². The molecule has 3 aromatic rings. The van der Waals surface area contributed by atoms with Crippen LogP contribution in [0.5, 0.6) is 5.75 Å². The van der Waals surface area contributed by atoms with Crippen LogP contribution in [-0.4, -0.2) is 20.9 Å². The standard InChI is InChI=1S/C25H27BrN2O4S/c1-4-5-12-32-24-11-6-19(26)16-23(24)25(29)27-20-7-9-22(10-8-20)33(30,31)28-21-14-17(2)13-18(3)15-21/h6-11,13-16,28H,4-5,12H2,1-3H3,(H,27,29). The molecule has 0 bridgehead atoms. The highest BCUT2D eigenvalue weighted by Gasteiger charge is 2.17. The molecule has 0 unspecified atom stereocenters. The Kier molecular flexibility index (Phi) is 8.15. The quantitative estimate of drug-likeness (QED) is 0.318. The summed E-state index contributed by atoms with van der Waals surface area (Å²) in [5.74, 6) is 0.160. The molecule has 8 heteroatoms. The third kappa shape index (κ3) is 6.82. The summed E-state index contributed by atoms with van der Waals surface area (Å²) in [6.07, 6.45) is 1.88. The Morgan fingerprint density at radius 2 is 1.61 bits per heavy atom. The molecule has 1 amide bonds. The largest absolute Gasteiger partial charge is 0.493 e. The van der Waals surface area contributed by atoms with Crippen molar-refractivity contribution in [2.24, 2.45) is 0 Å². The second-order valence-electron chi connectivity index (χ2n) is 7.80. The average Bonchev–Trinajstić information content (AvgIpc) is 2.74. The maximum Gasteiger partial charge on any atom is 0.261 e. The van der Waals surface area contributed by atoms with Crippen molar-refractivity contribution in [2.45, 2.75) is 38.5 Å². The summed E-state index contributed by atoms with van der Waals surface area (Å²) in [4.78, 5) is 13.0. The minimum atomic E-state index is -3.76. The van der Waals surface area contributed by atoms with Gasteiger partial charge in [-0.15, -0.1) is 0 Å². The van der Waals surface area contributed by atoms with Crippen molar-refractivity contribution in [2.75, 3.05) is 16.6 Å². The number of rotatable bonds is 9. The molecule has 6 nitrogen and oxygen atoms in total. The van der Waals surface area contributed by atoms with Crippen LogP contribution in [0.4, 0.5) is 11.4 Å². The number of amides is 1. The van der Waals surface area contributed by atoms with Crippen molar-refractivity contribution in [1.82, 2.24) is 0 Å². The highest BCUT2D eigenvalue weighted by molar-refractivity contribution is 9.10. The molecule has 0 saturated heterocycles. The van der Waals surface area contributed by atoms with Crippen LogP contribution in [0.3, 0.4) is 0 Å². The molecular formula is C25H27BrN2O4S. The fourth-order valence-electron chi connectivity index (χ4n) is 3.30. The van der Waals surface area contributed by atoms with Crippen LogP contribution >= 0.6 is 15.9 Å². The number of nitrogens with one attached hydrogen (secondary N) is 2. The number of hydrogen-bond acceptors (Lipinski definition) is 4. The number of aryl methyl sites for hydroxylation is 2. The molecule has 0 atom stereocenters. The van der Waals surface area contributed by atoms with Gasteiger partial charge in [0.25, 0.3) is 15.9 Å². The first-order valence-electron chi connectivity index (χ1n) is 10.6. The van der Waals surface area contributed by atoms with Crippen LogP contribution in [0.25, 0.3) is 0 Å². The Hall–Kier alpha value is -2.84. The summed E-state index contributed by atoms with van der Waals surface area (Å²) >= 11 is 3.39. The Balaban J connectivity index is 1.74. The van der Waals surface area contributed by atoms with Crippen LogP contribution in [-0.2, 0) is 10.0 Å². The lowest BCUT2D eigenvalue weighted by atomic mass is 10.1. The van der Waals surface area contributed by atoms with E-state index in [1.54, 1.807) is 36.4 Å². The Labute approximate surface area is 203 Å². The number of sulfonamides is 1. The smallest absolute Gasteiger partial charge is 0.261 e. The molecule has 174 valence electrons. The molecule has 3 aromatic carbocycles. The number of unbranched alkanes of at least 4 members (excludes halogenated alkanes) is 1. The molecule has 2 N–H and O–H groups in total. The van der Waals surface area contributed by atoms with E-state index in [4.69, 9.17) is 4.74 Å². The summed E-state index contributed by atoms with van der Waals surface area (Å²) in [5.41, 5.74) is 3.32. The molecule has 0 aromatic heterocycles. The molecule has 0 aliphatic rings. The highest BCUT2D eigenvalue weighted by atomic mass is 79.9. The SMILES string of the molecule is CCCCOc1ccc(Br)cc1C(=O)Nc1ccc(S(=O)(=O)Nc2cc(C)cc(C)c2)cc1. The average molecular weight is 531 g/mol. The lowest BCUT2D eigenvalue weighted by Gasteiger charge is -2.13. The first-order chi connectivity index (χ1) is 15.7. The predicted molar refractivity (Wildman–Crippen MR) is 136 cm³/mol. The van der Waals surface area contributed by atoms with Gasteiger partial charge in [0.15, 0.2) is 0 Å². The zero-order valence-electron chi connectivity index (χ0n) is 18.8. The van der Waals surface area contributed by atoms with Crippen molar-refractivity contribution in [1.29, 1.82) is 0 Å². The van der Waals surface area contributed by atoms with Gasteiger partial charge in [0.05, 0.1) is 17.1 Å². The summed E-state index contributed by atoms with van der Waals surface area (Å²) in [6.45, 7) is 6.42. The Morgan fingerprint density at radius 1 is 0.939 bits per heavy atom. The van der Waals surface area contributed by atoms with Crippen LogP contribution in [0.15, 0.2) is 70.0 Å². The third-order valence-corrected chi connectivity index (χ3v) is 6.73. The van der Waals surface area contributed by atoms with Gasteiger partial charge in [-0.25, -0.2) is 8.42 Å². The Bertz CT molecular complexity index is 1220. The van der Waals surface area contributed by atoms with Gasteiger partial charge in [0.2, 0.25) is 0 Å². The third-order valence-electron chi connectivity index (χ3n) is 4.84. The highest BCUT2D eigenvalue weighted by Crippen LogP contribution is 2.25. The van der Waals surface area contributed by atoms with E-state index in [-0.39, 0.29) is 10.8 Å². The van der Waals surface area contributed by atoms with Gasteiger partial charge < -0.3 is 10.1 Å². The summed E-state index contributed by atoms with van der Waals surface area (Å²) in [7, 11) is -3.76. The molecule has 0 spiro atoms. The second kappa shape index (κ2) is 10.9. The fourth-order valence-corrected chi connectivity index (χ4v) is 4.70. The van der Waals surface area contributed by atoms with Crippen molar-refractivity contribution in [3.63, 3.8) is 0 Å².